The largest absolute Gasteiger partial charge is 0.385 e. The van der Waals surface area contributed by atoms with Crippen molar-refractivity contribution in [1.29, 1.82) is 0 Å². The summed E-state index contributed by atoms with van der Waals surface area (Å²) in [5, 5.41) is 17.1. The van der Waals surface area contributed by atoms with Crippen molar-refractivity contribution >= 4 is 70.6 Å². The number of hydrogen-bond donors (Lipinski definition) is 2. The molecular weight excluding hydrogens is 777 g/mol. The molecule has 3 N–H and O–H groups in total. The van der Waals surface area contributed by atoms with E-state index < -0.39 is 0 Å². The van der Waals surface area contributed by atoms with E-state index in [2.05, 4.69) is 174 Å². The Balaban J connectivity index is 0.967. The third-order valence-electron chi connectivity index (χ3n) is 14.9. The first-order valence-corrected chi connectivity index (χ1v) is 23.8. The number of aromatic nitrogens is 2. The van der Waals surface area contributed by atoms with Crippen LogP contribution in [0.15, 0.2) is 146 Å². The van der Waals surface area contributed by atoms with Crippen LogP contribution in [-0.4, -0.2) is 15.7 Å². The Morgan fingerprint density at radius 2 is 0.906 bits per heavy atom. The minimum atomic E-state index is 0.0634. The van der Waals surface area contributed by atoms with E-state index in [4.69, 9.17) is 5.73 Å². The number of anilines is 1. The lowest BCUT2D eigenvalue weighted by atomic mass is 9.86. The smallest absolute Gasteiger partial charge is 0.0626 e. The Morgan fingerprint density at radius 3 is 1.42 bits per heavy atom. The molecule has 2 heterocycles. The number of rotatable bonds is 13. The predicted molar refractivity (Wildman–Crippen MR) is 274 cm³/mol. The van der Waals surface area contributed by atoms with Gasteiger partial charge < -0.3 is 20.2 Å². The average molecular weight is 829 g/mol. The summed E-state index contributed by atoms with van der Waals surface area (Å²) >= 11 is 0. The topological polar surface area (TPSA) is 47.9 Å². The van der Waals surface area contributed by atoms with Crippen molar-refractivity contribution in [2.24, 2.45) is 5.73 Å². The summed E-state index contributed by atoms with van der Waals surface area (Å²) in [4.78, 5) is 0. The van der Waals surface area contributed by atoms with Gasteiger partial charge in [-0.25, -0.2) is 0 Å². The molecule has 1 unspecified atom stereocenters. The SMILES string of the molecule is CCCCCCNc1ccc(-n2c3c(c4ccccc42)-c2ccc4c5ccc6c7c(ccc(c8ccc-3c2c48)c75)-c2c-6c3ccccc3n2-c2ccc(C(N)CCCCC)cc2)cc1. The lowest BCUT2D eigenvalue weighted by Crippen LogP contribution is -2.10. The van der Waals surface area contributed by atoms with Gasteiger partial charge >= 0.3 is 0 Å². The highest BCUT2D eigenvalue weighted by Gasteiger charge is 2.34. The van der Waals surface area contributed by atoms with Crippen LogP contribution in [0.25, 0.3) is 121 Å². The molecule has 4 heteroatoms. The van der Waals surface area contributed by atoms with Crippen molar-refractivity contribution in [3.63, 3.8) is 0 Å². The summed E-state index contributed by atoms with van der Waals surface area (Å²) in [6.07, 6.45) is 9.67. The molecule has 0 bridgehead atoms. The third-order valence-corrected chi connectivity index (χ3v) is 14.9. The molecule has 13 rings (SSSR count). The van der Waals surface area contributed by atoms with Gasteiger partial charge in [-0.1, -0.05) is 149 Å². The molecule has 4 nitrogen and oxygen atoms in total. The van der Waals surface area contributed by atoms with Crippen LogP contribution >= 0.6 is 0 Å². The zero-order chi connectivity index (χ0) is 42.6. The first kappa shape index (κ1) is 37.7. The number of nitrogens with zero attached hydrogens (tertiary/aromatic N) is 2. The molecule has 11 aromatic rings. The first-order chi connectivity index (χ1) is 31.6. The Labute approximate surface area is 374 Å². The zero-order valence-electron chi connectivity index (χ0n) is 36.8. The van der Waals surface area contributed by atoms with Crippen LogP contribution in [0.5, 0.6) is 0 Å². The molecule has 0 amide bonds. The highest BCUT2D eigenvalue weighted by molar-refractivity contribution is 6.41. The van der Waals surface area contributed by atoms with Crippen molar-refractivity contribution in [3.8, 4) is 56.1 Å². The van der Waals surface area contributed by atoms with E-state index >= 15 is 0 Å². The molecule has 0 radical (unpaired) electrons. The molecular formula is C60H52N4. The number of nitrogens with two attached hydrogens (primary N) is 1. The molecule has 312 valence electrons. The van der Waals surface area contributed by atoms with E-state index in [9.17, 15) is 0 Å². The van der Waals surface area contributed by atoms with Gasteiger partial charge in [0.15, 0.2) is 0 Å². The number of benzene rings is 9. The Morgan fingerprint density at radius 1 is 0.438 bits per heavy atom. The van der Waals surface area contributed by atoms with Crippen molar-refractivity contribution in [1.82, 2.24) is 9.13 Å². The second-order valence-corrected chi connectivity index (χ2v) is 18.5. The lowest BCUT2D eigenvalue weighted by Gasteiger charge is -2.18. The fourth-order valence-electron chi connectivity index (χ4n) is 11.9. The van der Waals surface area contributed by atoms with E-state index in [0.717, 1.165) is 13.0 Å². The van der Waals surface area contributed by atoms with Gasteiger partial charge in [0.1, 0.15) is 0 Å². The van der Waals surface area contributed by atoms with Crippen LogP contribution < -0.4 is 11.1 Å². The van der Waals surface area contributed by atoms with Crippen LogP contribution in [0.1, 0.15) is 76.8 Å². The number of hydrogen-bond acceptors (Lipinski definition) is 2. The normalized spacial score (nSPS) is 13.1. The molecule has 0 saturated heterocycles. The van der Waals surface area contributed by atoms with Gasteiger partial charge in [0, 0.05) is 73.4 Å². The van der Waals surface area contributed by atoms with E-state index in [0.29, 0.717) is 0 Å². The summed E-state index contributed by atoms with van der Waals surface area (Å²) in [7, 11) is 0. The lowest BCUT2D eigenvalue weighted by molar-refractivity contribution is 0.581. The van der Waals surface area contributed by atoms with Gasteiger partial charge in [-0.15, -0.1) is 0 Å². The Hall–Kier alpha value is -6.88. The van der Waals surface area contributed by atoms with Gasteiger partial charge in [-0.2, -0.15) is 0 Å². The van der Waals surface area contributed by atoms with Gasteiger partial charge in [0.05, 0.1) is 22.4 Å². The van der Waals surface area contributed by atoms with Crippen molar-refractivity contribution in [2.75, 3.05) is 11.9 Å². The van der Waals surface area contributed by atoms with Crippen molar-refractivity contribution in [2.45, 2.75) is 71.3 Å². The molecule has 64 heavy (non-hydrogen) atoms. The van der Waals surface area contributed by atoms with Gasteiger partial charge in [0.2, 0.25) is 0 Å². The number of para-hydroxylation sites is 2. The van der Waals surface area contributed by atoms with Crippen LogP contribution in [-0.2, 0) is 0 Å². The maximum atomic E-state index is 6.71. The monoisotopic (exact) mass is 828 g/mol. The third kappa shape index (κ3) is 5.26. The van der Waals surface area contributed by atoms with E-state index in [1.165, 1.54) is 177 Å². The number of fused-ring (bicyclic) bond motifs is 12. The highest BCUT2D eigenvalue weighted by Crippen LogP contribution is 2.59. The minimum absolute atomic E-state index is 0.0634. The first-order valence-electron chi connectivity index (χ1n) is 23.8. The predicted octanol–water partition coefficient (Wildman–Crippen LogP) is 16.5. The standard InChI is InChI=1S/C60H52N4/c1-3-5-7-13-35-62-37-21-25-39(26-22-37)64-52-18-12-10-15-45(52)58-47-32-28-41-40-27-31-46-55-48(33-29-42(53(40)55)43-30-34-49(60(58)64)56(47)54(41)43)59-57(46)44-14-9-11-17-51(44)63(59)38-23-19-36(20-24-38)50(61)16-8-6-4-2/h9-12,14-15,17-34,50,62H,3-8,13,16,35,61H2,1-2H3. The zero-order valence-corrected chi connectivity index (χ0v) is 36.8. The van der Waals surface area contributed by atoms with Gasteiger partial charge in [-0.05, 0) is 110 Å². The maximum Gasteiger partial charge on any atom is 0.0626 e. The van der Waals surface area contributed by atoms with E-state index in [-0.39, 0.29) is 6.04 Å². The fraction of sp³-hybridized carbons (Fsp3) is 0.200. The van der Waals surface area contributed by atoms with E-state index in [1.54, 1.807) is 0 Å². The molecule has 1 atom stereocenters. The highest BCUT2D eigenvalue weighted by atomic mass is 15.0. The Bertz CT molecular complexity index is 3620. The second kappa shape index (κ2) is 14.6. The van der Waals surface area contributed by atoms with Crippen LogP contribution in [0.2, 0.25) is 0 Å². The molecule has 2 aliphatic carbocycles. The Kier molecular flexibility index (Phi) is 8.58. The van der Waals surface area contributed by atoms with Gasteiger partial charge in [-0.3, -0.25) is 0 Å². The molecule has 2 aromatic heterocycles. The minimum Gasteiger partial charge on any atom is -0.385 e. The number of unbranched alkanes of at least 4 members (excludes halogenated alkanes) is 5. The summed E-state index contributed by atoms with van der Waals surface area (Å²) in [6.45, 7) is 5.53. The summed E-state index contributed by atoms with van der Waals surface area (Å²) in [5.74, 6) is 0. The summed E-state index contributed by atoms with van der Waals surface area (Å²) in [5.41, 5.74) is 24.5. The maximum absolute atomic E-state index is 6.71. The van der Waals surface area contributed by atoms with Crippen LogP contribution in [0.4, 0.5) is 5.69 Å². The van der Waals surface area contributed by atoms with Crippen molar-refractivity contribution < 1.29 is 0 Å². The van der Waals surface area contributed by atoms with Crippen LogP contribution in [0, 0.1) is 0 Å². The summed E-state index contributed by atoms with van der Waals surface area (Å²) in [6, 6.07) is 55.5. The van der Waals surface area contributed by atoms with Crippen LogP contribution in [0.3, 0.4) is 0 Å². The second-order valence-electron chi connectivity index (χ2n) is 18.5. The molecule has 0 saturated carbocycles. The van der Waals surface area contributed by atoms with Crippen molar-refractivity contribution in [3.05, 3.63) is 151 Å². The molecule has 0 spiro atoms. The number of nitrogens with one attached hydrogen (secondary N) is 1. The fourth-order valence-corrected chi connectivity index (χ4v) is 11.9. The molecule has 9 aromatic carbocycles. The van der Waals surface area contributed by atoms with Gasteiger partial charge in [0.25, 0.3) is 0 Å². The van der Waals surface area contributed by atoms with E-state index in [1.807, 2.05) is 0 Å². The quantitative estimate of drug-likeness (QED) is 0.0691. The molecule has 0 fully saturated rings. The summed E-state index contributed by atoms with van der Waals surface area (Å²) < 4.78 is 5.01. The molecule has 2 aliphatic rings. The molecule has 0 aliphatic heterocycles. The average Bonchev–Trinajstić information content (AvgIpc) is 4.06.